The normalized spacial score (nSPS) is 11.5. The van der Waals surface area contributed by atoms with E-state index in [9.17, 15) is 14.4 Å². The molecule has 0 heterocycles. The van der Waals surface area contributed by atoms with Crippen LogP contribution in [-0.2, 0) is 19.1 Å². The first-order valence-corrected chi connectivity index (χ1v) is 7.99. The van der Waals surface area contributed by atoms with Crippen LogP contribution in [0.15, 0.2) is 24.3 Å². The van der Waals surface area contributed by atoms with Crippen molar-refractivity contribution < 1.29 is 33.3 Å². The van der Waals surface area contributed by atoms with Crippen LogP contribution in [0.5, 0.6) is 11.5 Å². The number of amides is 2. The highest BCUT2D eigenvalue weighted by Crippen LogP contribution is 2.28. The van der Waals surface area contributed by atoms with Gasteiger partial charge in [-0.15, -0.1) is 0 Å². The average molecular weight is 365 g/mol. The van der Waals surface area contributed by atoms with Crippen LogP contribution in [0.1, 0.15) is 25.8 Å². The van der Waals surface area contributed by atoms with Gasteiger partial charge in [-0.1, -0.05) is 13.0 Å². The van der Waals surface area contributed by atoms with Gasteiger partial charge in [-0.3, -0.25) is 10.1 Å². The Morgan fingerprint density at radius 1 is 1.19 bits per heavy atom. The zero-order chi connectivity index (χ0) is 19.5. The van der Waals surface area contributed by atoms with Gasteiger partial charge < -0.3 is 18.9 Å². The van der Waals surface area contributed by atoms with E-state index in [1.165, 1.54) is 26.2 Å². The monoisotopic (exact) mass is 365 g/mol. The van der Waals surface area contributed by atoms with E-state index in [0.717, 1.165) is 13.5 Å². The third-order valence-electron chi connectivity index (χ3n) is 3.13. The number of carbonyl (C=O) groups is 3. The molecule has 0 radical (unpaired) electrons. The van der Waals surface area contributed by atoms with Crippen LogP contribution in [0.3, 0.4) is 0 Å². The molecule has 0 saturated carbocycles. The molecule has 142 valence electrons. The van der Waals surface area contributed by atoms with Gasteiger partial charge in [0.15, 0.2) is 17.6 Å². The predicted octanol–water partition coefficient (Wildman–Crippen LogP) is 2.31. The standard InChI is InChI=1S/C18H23NO7/c1-5-10-25-14-8-6-13(11-15(14)23-3)7-9-16(20)26-12(2)17(21)19-18(22)24-4/h6-9,11-12H,5,10H2,1-4H3,(H,19,21,22)/b9-7+/t12-/m1/s1. The third kappa shape index (κ3) is 6.84. The maximum Gasteiger partial charge on any atom is 0.413 e. The van der Waals surface area contributed by atoms with Gasteiger partial charge in [0.25, 0.3) is 5.91 Å². The molecule has 2 amide bonds. The molecule has 0 aliphatic heterocycles. The number of esters is 1. The number of hydrogen-bond acceptors (Lipinski definition) is 7. The Bertz CT molecular complexity index is 670. The fraction of sp³-hybridized carbons (Fsp3) is 0.389. The summed E-state index contributed by atoms with van der Waals surface area (Å²) in [6, 6.07) is 5.21. The zero-order valence-electron chi connectivity index (χ0n) is 15.2. The van der Waals surface area contributed by atoms with E-state index in [0.29, 0.717) is 23.7 Å². The molecule has 0 unspecified atom stereocenters. The van der Waals surface area contributed by atoms with Crippen molar-refractivity contribution in [2.75, 3.05) is 20.8 Å². The largest absolute Gasteiger partial charge is 0.493 e. The van der Waals surface area contributed by atoms with Crippen molar-refractivity contribution >= 4 is 24.0 Å². The second kappa shape index (κ2) is 10.8. The highest BCUT2D eigenvalue weighted by Gasteiger charge is 2.19. The fourth-order valence-electron chi connectivity index (χ4n) is 1.80. The quantitative estimate of drug-likeness (QED) is 0.557. The van der Waals surface area contributed by atoms with Crippen LogP contribution < -0.4 is 14.8 Å². The lowest BCUT2D eigenvalue weighted by molar-refractivity contribution is -0.149. The van der Waals surface area contributed by atoms with Crippen LogP contribution in [0.25, 0.3) is 6.08 Å². The van der Waals surface area contributed by atoms with Crippen LogP contribution in [0.4, 0.5) is 4.79 Å². The van der Waals surface area contributed by atoms with Gasteiger partial charge >= 0.3 is 12.1 Å². The molecule has 26 heavy (non-hydrogen) atoms. The number of methoxy groups -OCH3 is 2. The summed E-state index contributed by atoms with van der Waals surface area (Å²) in [5.74, 6) is -0.359. The maximum absolute atomic E-state index is 11.8. The van der Waals surface area contributed by atoms with Gasteiger partial charge in [-0.05, 0) is 37.1 Å². The first-order chi connectivity index (χ1) is 12.4. The number of ether oxygens (including phenoxy) is 4. The number of hydrogen-bond donors (Lipinski definition) is 1. The minimum atomic E-state index is -1.15. The molecule has 0 spiro atoms. The molecule has 0 fully saturated rings. The van der Waals surface area contributed by atoms with E-state index in [1.807, 2.05) is 12.2 Å². The highest BCUT2D eigenvalue weighted by molar-refractivity contribution is 5.96. The highest BCUT2D eigenvalue weighted by atomic mass is 16.6. The first-order valence-electron chi connectivity index (χ1n) is 7.99. The van der Waals surface area contributed by atoms with Crippen LogP contribution in [0, 0.1) is 0 Å². The van der Waals surface area contributed by atoms with E-state index in [1.54, 1.807) is 18.2 Å². The summed E-state index contributed by atoms with van der Waals surface area (Å²) in [5.41, 5.74) is 0.689. The second-order valence-corrected chi connectivity index (χ2v) is 5.15. The van der Waals surface area contributed by atoms with Gasteiger partial charge in [0.2, 0.25) is 0 Å². The average Bonchev–Trinajstić information content (AvgIpc) is 2.64. The molecule has 0 aliphatic rings. The Morgan fingerprint density at radius 3 is 2.54 bits per heavy atom. The van der Waals surface area contributed by atoms with Crippen molar-refractivity contribution in [3.8, 4) is 11.5 Å². The molecule has 8 heteroatoms. The predicted molar refractivity (Wildman–Crippen MR) is 93.9 cm³/mol. The Hall–Kier alpha value is -3.03. The smallest absolute Gasteiger partial charge is 0.413 e. The maximum atomic E-state index is 11.8. The van der Waals surface area contributed by atoms with Crippen molar-refractivity contribution in [2.45, 2.75) is 26.4 Å². The molecule has 1 atom stereocenters. The summed E-state index contributed by atoms with van der Waals surface area (Å²) in [6.45, 7) is 3.91. The number of alkyl carbamates (subject to hydrolysis) is 1. The summed E-state index contributed by atoms with van der Waals surface area (Å²) in [4.78, 5) is 34.3. The Morgan fingerprint density at radius 2 is 1.92 bits per heavy atom. The lowest BCUT2D eigenvalue weighted by Gasteiger charge is -2.11. The molecule has 0 saturated heterocycles. The van der Waals surface area contributed by atoms with E-state index < -0.39 is 24.1 Å². The molecule has 1 aromatic carbocycles. The van der Waals surface area contributed by atoms with Gasteiger partial charge in [-0.25, -0.2) is 9.59 Å². The minimum Gasteiger partial charge on any atom is -0.493 e. The molecule has 0 bridgehead atoms. The van der Waals surface area contributed by atoms with Crippen LogP contribution in [-0.4, -0.2) is 44.9 Å². The number of imide groups is 1. The fourth-order valence-corrected chi connectivity index (χ4v) is 1.80. The lowest BCUT2D eigenvalue weighted by atomic mass is 10.2. The SMILES string of the molecule is CCCOc1ccc(/C=C/C(=O)O[C@H](C)C(=O)NC(=O)OC)cc1OC. The van der Waals surface area contributed by atoms with Gasteiger partial charge in [0.1, 0.15) is 0 Å². The third-order valence-corrected chi connectivity index (χ3v) is 3.13. The van der Waals surface area contributed by atoms with E-state index in [2.05, 4.69) is 4.74 Å². The molecule has 1 rings (SSSR count). The van der Waals surface area contributed by atoms with E-state index >= 15 is 0 Å². The lowest BCUT2D eigenvalue weighted by Crippen LogP contribution is -2.39. The molecule has 1 aromatic rings. The Labute approximate surface area is 152 Å². The topological polar surface area (TPSA) is 100 Å². The molecule has 0 aromatic heterocycles. The van der Waals surface area contributed by atoms with Crippen molar-refractivity contribution in [3.05, 3.63) is 29.8 Å². The number of carbonyl (C=O) groups excluding carboxylic acids is 3. The summed E-state index contributed by atoms with van der Waals surface area (Å²) < 4.78 is 20.0. The second-order valence-electron chi connectivity index (χ2n) is 5.15. The first kappa shape index (κ1) is 21.0. The summed E-state index contributed by atoms with van der Waals surface area (Å²) in [5, 5.41) is 1.91. The molecular formula is C18H23NO7. The van der Waals surface area contributed by atoms with Crippen molar-refractivity contribution in [2.24, 2.45) is 0 Å². The number of nitrogens with one attached hydrogen (secondary N) is 1. The molecular weight excluding hydrogens is 342 g/mol. The van der Waals surface area contributed by atoms with Crippen molar-refractivity contribution in [1.82, 2.24) is 5.32 Å². The van der Waals surface area contributed by atoms with E-state index in [4.69, 9.17) is 14.2 Å². The zero-order valence-corrected chi connectivity index (χ0v) is 15.2. The van der Waals surface area contributed by atoms with E-state index in [-0.39, 0.29) is 0 Å². The molecule has 0 aliphatic carbocycles. The Balaban J connectivity index is 2.67. The summed E-state index contributed by atoms with van der Waals surface area (Å²) >= 11 is 0. The van der Waals surface area contributed by atoms with Crippen LogP contribution >= 0.6 is 0 Å². The van der Waals surface area contributed by atoms with Crippen LogP contribution in [0.2, 0.25) is 0 Å². The molecule has 8 nitrogen and oxygen atoms in total. The van der Waals surface area contributed by atoms with Crippen molar-refractivity contribution in [1.29, 1.82) is 0 Å². The van der Waals surface area contributed by atoms with Gasteiger partial charge in [0.05, 0.1) is 20.8 Å². The van der Waals surface area contributed by atoms with Crippen molar-refractivity contribution in [3.63, 3.8) is 0 Å². The van der Waals surface area contributed by atoms with Gasteiger partial charge in [-0.2, -0.15) is 0 Å². The number of rotatable bonds is 8. The summed E-state index contributed by atoms with van der Waals surface area (Å²) in [6.07, 6.45) is 1.48. The summed E-state index contributed by atoms with van der Waals surface area (Å²) in [7, 11) is 2.65. The molecule has 1 N–H and O–H groups in total. The Kier molecular flexibility index (Phi) is 8.69. The number of benzene rings is 1. The van der Waals surface area contributed by atoms with Gasteiger partial charge in [0, 0.05) is 6.08 Å². The minimum absolute atomic E-state index is 0.541.